The lowest BCUT2D eigenvalue weighted by Crippen LogP contribution is -2.08. The summed E-state index contributed by atoms with van der Waals surface area (Å²) in [4.78, 5) is 21.9. The van der Waals surface area contributed by atoms with Crippen LogP contribution in [-0.4, -0.2) is 17.0 Å². The standard InChI is InChI=1S/C13H15NO3/c1-8-10-7-9(3-2-4-12(15)16)5-6-11(10)14-13(8)17/h5-8H,2-4H2,1H3,(H,14,17)(H,15,16). The third kappa shape index (κ3) is 2.46. The highest BCUT2D eigenvalue weighted by Gasteiger charge is 2.26. The molecule has 0 fully saturated rings. The summed E-state index contributed by atoms with van der Waals surface area (Å²) in [5, 5.41) is 11.4. The van der Waals surface area contributed by atoms with Gasteiger partial charge in [-0.15, -0.1) is 0 Å². The number of aryl methyl sites for hydroxylation is 1. The maximum atomic E-state index is 11.5. The van der Waals surface area contributed by atoms with Gasteiger partial charge in [0, 0.05) is 12.1 Å². The van der Waals surface area contributed by atoms with Crippen molar-refractivity contribution in [3.63, 3.8) is 0 Å². The van der Waals surface area contributed by atoms with E-state index in [4.69, 9.17) is 5.11 Å². The number of amides is 1. The summed E-state index contributed by atoms with van der Waals surface area (Å²) < 4.78 is 0. The Bertz CT molecular complexity index is 468. The Morgan fingerprint density at radius 1 is 1.47 bits per heavy atom. The summed E-state index contributed by atoms with van der Waals surface area (Å²) in [6.45, 7) is 1.88. The molecule has 1 atom stereocenters. The van der Waals surface area contributed by atoms with Crippen LogP contribution in [0.15, 0.2) is 18.2 Å². The number of carboxylic acids is 1. The van der Waals surface area contributed by atoms with Gasteiger partial charge in [-0.05, 0) is 37.0 Å². The molecule has 0 bridgehead atoms. The van der Waals surface area contributed by atoms with E-state index >= 15 is 0 Å². The van der Waals surface area contributed by atoms with Crippen LogP contribution < -0.4 is 5.32 Å². The Morgan fingerprint density at radius 2 is 2.24 bits per heavy atom. The van der Waals surface area contributed by atoms with Gasteiger partial charge in [-0.25, -0.2) is 0 Å². The molecule has 1 aliphatic heterocycles. The number of carbonyl (C=O) groups is 2. The normalized spacial score (nSPS) is 17.7. The quantitative estimate of drug-likeness (QED) is 0.837. The number of nitrogens with one attached hydrogen (secondary N) is 1. The molecule has 1 amide bonds. The third-order valence-electron chi connectivity index (χ3n) is 3.09. The van der Waals surface area contributed by atoms with Crippen molar-refractivity contribution in [2.75, 3.05) is 5.32 Å². The molecule has 1 heterocycles. The molecule has 0 aliphatic carbocycles. The van der Waals surface area contributed by atoms with E-state index in [1.165, 1.54) is 0 Å². The maximum absolute atomic E-state index is 11.5. The Labute approximate surface area is 99.6 Å². The van der Waals surface area contributed by atoms with E-state index in [0.717, 1.165) is 23.2 Å². The summed E-state index contributed by atoms with van der Waals surface area (Å²) >= 11 is 0. The van der Waals surface area contributed by atoms with Crippen LogP contribution >= 0.6 is 0 Å². The molecule has 1 aromatic carbocycles. The topological polar surface area (TPSA) is 66.4 Å². The smallest absolute Gasteiger partial charge is 0.303 e. The van der Waals surface area contributed by atoms with Crippen LogP contribution in [0.25, 0.3) is 0 Å². The van der Waals surface area contributed by atoms with Crippen LogP contribution in [0, 0.1) is 0 Å². The molecule has 1 aromatic rings. The zero-order chi connectivity index (χ0) is 12.4. The number of carboxylic acid groups (broad SMARTS) is 1. The first-order valence-corrected chi connectivity index (χ1v) is 5.73. The number of hydrogen-bond donors (Lipinski definition) is 2. The van der Waals surface area contributed by atoms with Gasteiger partial charge in [0.1, 0.15) is 0 Å². The fourth-order valence-corrected chi connectivity index (χ4v) is 2.07. The predicted molar refractivity (Wildman–Crippen MR) is 64.1 cm³/mol. The van der Waals surface area contributed by atoms with Gasteiger partial charge in [0.15, 0.2) is 0 Å². The number of rotatable bonds is 4. The van der Waals surface area contributed by atoms with Gasteiger partial charge < -0.3 is 10.4 Å². The zero-order valence-electron chi connectivity index (χ0n) is 9.69. The second-order valence-corrected chi connectivity index (χ2v) is 4.38. The van der Waals surface area contributed by atoms with Crippen LogP contribution in [0.4, 0.5) is 5.69 Å². The molecule has 1 aliphatic rings. The van der Waals surface area contributed by atoms with Crippen LogP contribution in [0.3, 0.4) is 0 Å². The van der Waals surface area contributed by atoms with Gasteiger partial charge in [0.2, 0.25) is 5.91 Å². The van der Waals surface area contributed by atoms with Crippen molar-refractivity contribution < 1.29 is 14.7 Å². The van der Waals surface area contributed by atoms with Gasteiger partial charge in [0.25, 0.3) is 0 Å². The summed E-state index contributed by atoms with van der Waals surface area (Å²) in [7, 11) is 0. The zero-order valence-corrected chi connectivity index (χ0v) is 9.69. The molecule has 2 rings (SSSR count). The molecule has 0 radical (unpaired) electrons. The molecular weight excluding hydrogens is 218 g/mol. The van der Waals surface area contributed by atoms with E-state index in [0.29, 0.717) is 6.42 Å². The molecule has 4 nitrogen and oxygen atoms in total. The van der Waals surface area contributed by atoms with E-state index in [-0.39, 0.29) is 18.2 Å². The number of benzene rings is 1. The fourth-order valence-electron chi connectivity index (χ4n) is 2.07. The van der Waals surface area contributed by atoms with Gasteiger partial charge in [-0.3, -0.25) is 9.59 Å². The first-order chi connectivity index (χ1) is 8.08. The average molecular weight is 233 g/mol. The number of hydrogen-bond acceptors (Lipinski definition) is 2. The lowest BCUT2D eigenvalue weighted by atomic mass is 9.98. The first kappa shape index (κ1) is 11.6. The molecule has 0 aromatic heterocycles. The average Bonchev–Trinajstić information content (AvgIpc) is 2.55. The van der Waals surface area contributed by atoms with Crippen molar-refractivity contribution in [2.45, 2.75) is 32.1 Å². The third-order valence-corrected chi connectivity index (χ3v) is 3.09. The SMILES string of the molecule is CC1C(=O)Nc2ccc(CCCC(=O)O)cc21. The van der Waals surface area contributed by atoms with E-state index < -0.39 is 5.97 Å². The van der Waals surface area contributed by atoms with E-state index in [1.807, 2.05) is 25.1 Å². The minimum atomic E-state index is -0.767. The van der Waals surface area contributed by atoms with Crippen molar-refractivity contribution in [2.24, 2.45) is 0 Å². The largest absolute Gasteiger partial charge is 0.481 e. The number of fused-ring (bicyclic) bond motifs is 1. The Hall–Kier alpha value is -1.84. The van der Waals surface area contributed by atoms with Gasteiger partial charge in [-0.1, -0.05) is 12.1 Å². The fraction of sp³-hybridized carbons (Fsp3) is 0.385. The molecule has 17 heavy (non-hydrogen) atoms. The molecule has 0 saturated heterocycles. The Balaban J connectivity index is 2.07. The minimum absolute atomic E-state index is 0.0303. The van der Waals surface area contributed by atoms with E-state index in [1.54, 1.807) is 0 Å². The lowest BCUT2D eigenvalue weighted by molar-refractivity contribution is -0.137. The summed E-state index contributed by atoms with van der Waals surface area (Å²) in [5.74, 6) is -0.844. The Morgan fingerprint density at radius 3 is 2.94 bits per heavy atom. The Kier molecular flexibility index (Phi) is 3.13. The summed E-state index contributed by atoms with van der Waals surface area (Å²) in [6, 6.07) is 5.84. The van der Waals surface area contributed by atoms with Crippen LogP contribution in [-0.2, 0) is 16.0 Å². The monoisotopic (exact) mass is 233 g/mol. The van der Waals surface area contributed by atoms with Crippen LogP contribution in [0.5, 0.6) is 0 Å². The number of aliphatic carboxylic acids is 1. The van der Waals surface area contributed by atoms with Crippen LogP contribution in [0.1, 0.15) is 36.8 Å². The highest BCUT2D eigenvalue weighted by atomic mass is 16.4. The van der Waals surface area contributed by atoms with E-state index in [9.17, 15) is 9.59 Å². The number of carbonyl (C=O) groups excluding carboxylic acids is 1. The van der Waals surface area contributed by atoms with Crippen molar-refractivity contribution in [1.29, 1.82) is 0 Å². The van der Waals surface area contributed by atoms with Gasteiger partial charge >= 0.3 is 5.97 Å². The highest BCUT2D eigenvalue weighted by Crippen LogP contribution is 2.32. The van der Waals surface area contributed by atoms with Crippen molar-refractivity contribution in [3.05, 3.63) is 29.3 Å². The molecule has 0 saturated carbocycles. The molecular formula is C13H15NO3. The predicted octanol–water partition coefficient (Wildman–Crippen LogP) is 2.15. The highest BCUT2D eigenvalue weighted by molar-refractivity contribution is 6.02. The summed E-state index contributed by atoms with van der Waals surface area (Å²) in [6.07, 6.45) is 1.55. The van der Waals surface area contributed by atoms with Crippen molar-refractivity contribution in [1.82, 2.24) is 0 Å². The molecule has 1 unspecified atom stereocenters. The first-order valence-electron chi connectivity index (χ1n) is 5.73. The second-order valence-electron chi connectivity index (χ2n) is 4.38. The molecule has 4 heteroatoms. The van der Waals surface area contributed by atoms with E-state index in [2.05, 4.69) is 5.32 Å². The summed E-state index contributed by atoms with van der Waals surface area (Å²) in [5.41, 5.74) is 2.99. The van der Waals surface area contributed by atoms with Crippen molar-refractivity contribution in [3.8, 4) is 0 Å². The van der Waals surface area contributed by atoms with Crippen molar-refractivity contribution >= 4 is 17.6 Å². The maximum Gasteiger partial charge on any atom is 0.303 e. The molecule has 90 valence electrons. The lowest BCUT2D eigenvalue weighted by Gasteiger charge is -2.05. The number of anilines is 1. The minimum Gasteiger partial charge on any atom is -0.481 e. The van der Waals surface area contributed by atoms with Crippen LogP contribution in [0.2, 0.25) is 0 Å². The molecule has 2 N–H and O–H groups in total. The van der Waals surface area contributed by atoms with Gasteiger partial charge in [0.05, 0.1) is 5.92 Å². The van der Waals surface area contributed by atoms with Gasteiger partial charge in [-0.2, -0.15) is 0 Å². The second kappa shape index (κ2) is 4.57. The molecule has 0 spiro atoms.